The zero-order chi connectivity index (χ0) is 24.4. The molecule has 2 aliphatic heterocycles. The molecule has 10 atom stereocenters. The van der Waals surface area contributed by atoms with Crippen LogP contribution in [0.2, 0.25) is 5.02 Å². The van der Waals surface area contributed by atoms with Gasteiger partial charge in [-0.2, -0.15) is 0 Å². The van der Waals surface area contributed by atoms with Crippen LogP contribution in [0.15, 0.2) is 18.2 Å². The second-order valence-corrected chi connectivity index (χ2v) is 7.90. The first-order chi connectivity index (χ1) is 15.6. The zero-order valence-electron chi connectivity index (χ0n) is 16.8. The predicted octanol–water partition coefficient (Wildman–Crippen LogP) is -2.75. The van der Waals surface area contributed by atoms with Gasteiger partial charge >= 0.3 is 0 Å². The molecule has 0 radical (unpaired) electrons. The van der Waals surface area contributed by atoms with Gasteiger partial charge in [-0.05, 0) is 6.07 Å². The van der Waals surface area contributed by atoms with E-state index < -0.39 is 79.5 Å². The highest BCUT2D eigenvalue weighted by Crippen LogP contribution is 2.33. The first-order valence-electron chi connectivity index (χ1n) is 9.78. The lowest BCUT2D eigenvalue weighted by Gasteiger charge is -2.45. The van der Waals surface area contributed by atoms with Crippen molar-refractivity contribution in [3.05, 3.63) is 33.3 Å². The van der Waals surface area contributed by atoms with Gasteiger partial charge in [0.1, 0.15) is 54.6 Å². The van der Waals surface area contributed by atoms with E-state index in [0.717, 1.165) is 18.2 Å². The summed E-state index contributed by atoms with van der Waals surface area (Å²) in [7, 11) is 0. The van der Waals surface area contributed by atoms with E-state index in [4.69, 9.17) is 30.5 Å². The molecule has 0 unspecified atom stereocenters. The van der Waals surface area contributed by atoms with E-state index in [1.54, 1.807) is 0 Å². The quantitative estimate of drug-likeness (QED) is 0.150. The molecule has 2 heterocycles. The Bertz CT molecular complexity index is 827. The summed E-state index contributed by atoms with van der Waals surface area (Å²) in [5.41, 5.74) is -0.307. The third kappa shape index (κ3) is 5.36. The normalized spacial score (nSPS) is 39.3. The molecule has 0 aromatic heterocycles. The first kappa shape index (κ1) is 25.9. The van der Waals surface area contributed by atoms with Gasteiger partial charge in [0.15, 0.2) is 6.29 Å². The van der Waals surface area contributed by atoms with Crippen LogP contribution in [0.5, 0.6) is 5.75 Å². The number of non-ortho nitro benzene ring substituents is 1. The number of ether oxygens (including phenoxy) is 4. The average molecular weight is 498 g/mol. The number of rotatable bonds is 7. The number of hydrogen-bond donors (Lipinski definition) is 7. The van der Waals surface area contributed by atoms with Crippen LogP contribution in [0.25, 0.3) is 0 Å². The minimum absolute atomic E-state index is 0.108. The maximum absolute atomic E-state index is 10.8. The van der Waals surface area contributed by atoms with E-state index in [-0.39, 0.29) is 16.5 Å². The lowest BCUT2D eigenvalue weighted by molar-refractivity contribution is -0.384. The standard InChI is InChI=1S/C18H24ClNO13/c19-7-3-6(20(28)29)1-2-8(7)30-17-15(27)13(25)16(10(5-22)32-17)33-18-14(26)12(24)11(23)9(4-21)31-18/h1-3,9-18,21-27H,4-5H2/t9-,10-,11+,12+,13-,14-,15-,16-,17-,18+/m1/s1. The molecule has 3 rings (SSSR count). The number of benzene rings is 1. The van der Waals surface area contributed by atoms with Gasteiger partial charge < -0.3 is 54.7 Å². The van der Waals surface area contributed by atoms with Gasteiger partial charge in [-0.25, -0.2) is 0 Å². The van der Waals surface area contributed by atoms with Gasteiger partial charge in [-0.15, -0.1) is 0 Å². The largest absolute Gasteiger partial charge is 0.460 e. The van der Waals surface area contributed by atoms with Crippen molar-refractivity contribution in [3.8, 4) is 5.75 Å². The molecular weight excluding hydrogens is 474 g/mol. The number of nitro groups is 1. The predicted molar refractivity (Wildman–Crippen MR) is 105 cm³/mol. The molecular formula is C18H24ClNO13. The fourth-order valence-corrected chi connectivity index (χ4v) is 3.70. The van der Waals surface area contributed by atoms with Crippen molar-refractivity contribution in [1.82, 2.24) is 0 Å². The van der Waals surface area contributed by atoms with Gasteiger partial charge in [0.2, 0.25) is 6.29 Å². The van der Waals surface area contributed by atoms with Crippen molar-refractivity contribution in [1.29, 1.82) is 0 Å². The maximum Gasteiger partial charge on any atom is 0.271 e. The molecule has 0 amide bonds. The average Bonchev–Trinajstić information content (AvgIpc) is 2.79. The summed E-state index contributed by atoms with van der Waals surface area (Å²) < 4.78 is 21.5. The third-order valence-electron chi connectivity index (χ3n) is 5.33. The van der Waals surface area contributed by atoms with Crippen molar-refractivity contribution in [2.45, 2.75) is 61.4 Å². The summed E-state index contributed by atoms with van der Waals surface area (Å²) in [5, 5.41) is 80.5. The summed E-state index contributed by atoms with van der Waals surface area (Å²) >= 11 is 5.96. The second kappa shape index (κ2) is 10.7. The molecule has 1 aromatic carbocycles. The monoisotopic (exact) mass is 497 g/mol. The highest BCUT2D eigenvalue weighted by Gasteiger charge is 2.51. The van der Waals surface area contributed by atoms with Crippen molar-refractivity contribution < 1.29 is 59.6 Å². The summed E-state index contributed by atoms with van der Waals surface area (Å²) in [4.78, 5) is 10.2. The number of aliphatic hydroxyl groups is 7. The van der Waals surface area contributed by atoms with Crippen LogP contribution in [-0.4, -0.2) is 115 Å². The molecule has 2 fully saturated rings. The van der Waals surface area contributed by atoms with Gasteiger partial charge in [-0.3, -0.25) is 10.1 Å². The Kier molecular flexibility index (Phi) is 8.41. The molecule has 1 aromatic rings. The number of halogens is 1. The van der Waals surface area contributed by atoms with E-state index in [0.29, 0.717) is 0 Å². The van der Waals surface area contributed by atoms with Crippen LogP contribution in [0.3, 0.4) is 0 Å². The van der Waals surface area contributed by atoms with Crippen molar-refractivity contribution in [2.24, 2.45) is 0 Å². The van der Waals surface area contributed by atoms with E-state index in [9.17, 15) is 45.9 Å². The highest BCUT2D eigenvalue weighted by atomic mass is 35.5. The Balaban J connectivity index is 1.73. The molecule has 0 bridgehead atoms. The lowest BCUT2D eigenvalue weighted by Crippen LogP contribution is -2.65. The third-order valence-corrected chi connectivity index (χ3v) is 5.63. The molecule has 0 saturated carbocycles. The van der Waals surface area contributed by atoms with E-state index in [2.05, 4.69) is 0 Å². The molecule has 15 heteroatoms. The van der Waals surface area contributed by atoms with Crippen LogP contribution >= 0.6 is 11.6 Å². The van der Waals surface area contributed by atoms with Crippen LogP contribution in [0.1, 0.15) is 0 Å². The molecule has 2 saturated heterocycles. The summed E-state index contributed by atoms with van der Waals surface area (Å²) in [6.45, 7) is -1.47. The molecule has 186 valence electrons. The second-order valence-electron chi connectivity index (χ2n) is 7.49. The number of hydrogen-bond acceptors (Lipinski definition) is 13. The Labute approximate surface area is 191 Å². The van der Waals surface area contributed by atoms with Crippen LogP contribution in [0.4, 0.5) is 5.69 Å². The van der Waals surface area contributed by atoms with Gasteiger partial charge in [0.05, 0.1) is 23.2 Å². The highest BCUT2D eigenvalue weighted by molar-refractivity contribution is 6.32. The van der Waals surface area contributed by atoms with Crippen LogP contribution < -0.4 is 4.74 Å². The minimum atomic E-state index is -1.79. The lowest BCUT2D eigenvalue weighted by atomic mass is 9.97. The molecule has 7 N–H and O–H groups in total. The molecule has 0 spiro atoms. The van der Waals surface area contributed by atoms with Crippen molar-refractivity contribution in [3.63, 3.8) is 0 Å². The summed E-state index contributed by atoms with van der Waals surface area (Å²) in [5.74, 6) is -0.108. The van der Waals surface area contributed by atoms with Crippen LogP contribution in [-0.2, 0) is 14.2 Å². The fraction of sp³-hybridized carbons (Fsp3) is 0.667. The zero-order valence-corrected chi connectivity index (χ0v) is 17.6. The molecule has 14 nitrogen and oxygen atoms in total. The smallest absolute Gasteiger partial charge is 0.271 e. The molecule has 2 aliphatic rings. The van der Waals surface area contributed by atoms with E-state index in [1.807, 2.05) is 0 Å². The Morgan fingerprint density at radius 1 is 0.909 bits per heavy atom. The maximum atomic E-state index is 10.8. The topological polar surface area (TPSA) is 222 Å². The van der Waals surface area contributed by atoms with Crippen LogP contribution in [0, 0.1) is 10.1 Å². The van der Waals surface area contributed by atoms with Gasteiger partial charge in [0, 0.05) is 12.1 Å². The number of nitro benzene ring substituents is 1. The molecule has 33 heavy (non-hydrogen) atoms. The van der Waals surface area contributed by atoms with Crippen molar-refractivity contribution in [2.75, 3.05) is 13.2 Å². The van der Waals surface area contributed by atoms with E-state index >= 15 is 0 Å². The number of aliphatic hydroxyl groups excluding tert-OH is 7. The van der Waals surface area contributed by atoms with Crippen molar-refractivity contribution >= 4 is 17.3 Å². The van der Waals surface area contributed by atoms with Gasteiger partial charge in [0.25, 0.3) is 5.69 Å². The fourth-order valence-electron chi connectivity index (χ4n) is 3.48. The molecule has 0 aliphatic carbocycles. The number of nitrogens with zero attached hydrogens (tertiary/aromatic N) is 1. The first-order valence-corrected chi connectivity index (χ1v) is 10.2. The Hall–Kier alpha value is -1.69. The Morgan fingerprint density at radius 2 is 1.52 bits per heavy atom. The van der Waals surface area contributed by atoms with Gasteiger partial charge in [-0.1, -0.05) is 11.6 Å². The SMILES string of the molecule is O=[N+]([O-])c1ccc(O[C@@H]2O[C@H](CO)[C@@H](O[C@@H]3O[C@H](CO)[C@H](O)[C@H](O)[C@H]3O)[C@H](O)[C@H]2O)c(Cl)c1. The van der Waals surface area contributed by atoms with E-state index in [1.165, 1.54) is 0 Å². The minimum Gasteiger partial charge on any atom is -0.460 e. The summed E-state index contributed by atoms with van der Waals surface area (Å²) in [6, 6.07) is 3.27. The summed E-state index contributed by atoms with van der Waals surface area (Å²) in [6.07, 6.45) is -16.1. The Morgan fingerprint density at radius 3 is 2.09 bits per heavy atom.